The average molecular weight is 138 g/mol. The van der Waals surface area contributed by atoms with Crippen molar-refractivity contribution < 1.29 is 13.2 Å². The van der Waals surface area contributed by atoms with Gasteiger partial charge in [0.25, 0.3) is 0 Å². The van der Waals surface area contributed by atoms with Gasteiger partial charge in [-0.05, 0) is 12.3 Å². The topological polar surface area (TPSA) is 0 Å². The third-order valence-corrected chi connectivity index (χ3v) is 1.87. The highest BCUT2D eigenvalue weighted by Crippen LogP contribution is 2.51. The molecule has 0 bridgehead atoms. The maximum atomic E-state index is 11.7. The van der Waals surface area contributed by atoms with Crippen molar-refractivity contribution in [1.29, 1.82) is 0 Å². The second-order valence-corrected chi connectivity index (χ2v) is 2.55. The number of hydrogen-bond donors (Lipinski definition) is 0. The van der Waals surface area contributed by atoms with Crippen LogP contribution in [0.5, 0.6) is 0 Å². The van der Waals surface area contributed by atoms with Crippen LogP contribution in [0.1, 0.15) is 19.8 Å². The van der Waals surface area contributed by atoms with E-state index < -0.39 is 12.1 Å². The Labute approximate surface area is 52.1 Å². The third-order valence-electron chi connectivity index (χ3n) is 1.87. The molecule has 1 rings (SSSR count). The van der Waals surface area contributed by atoms with Crippen molar-refractivity contribution in [3.63, 3.8) is 0 Å². The fourth-order valence-electron chi connectivity index (χ4n) is 1.10. The van der Waals surface area contributed by atoms with Crippen LogP contribution in [-0.2, 0) is 0 Å². The van der Waals surface area contributed by atoms with E-state index in [4.69, 9.17) is 0 Å². The first-order valence-electron chi connectivity index (χ1n) is 3.12. The first-order valence-corrected chi connectivity index (χ1v) is 3.12. The zero-order valence-corrected chi connectivity index (χ0v) is 5.20. The summed E-state index contributed by atoms with van der Waals surface area (Å²) in [6, 6.07) is 0. The van der Waals surface area contributed by atoms with Gasteiger partial charge in [-0.3, -0.25) is 0 Å². The minimum Gasteiger partial charge on any atom is -0.171 e. The quantitative estimate of drug-likeness (QED) is 0.522. The summed E-state index contributed by atoms with van der Waals surface area (Å²) in [6.45, 7) is 1.80. The highest BCUT2D eigenvalue weighted by molar-refractivity contribution is 4.90. The van der Waals surface area contributed by atoms with Crippen LogP contribution in [0.15, 0.2) is 0 Å². The molecule has 0 spiro atoms. The molecular weight excluding hydrogens is 129 g/mol. The van der Waals surface area contributed by atoms with Gasteiger partial charge in [-0.2, -0.15) is 13.2 Å². The summed E-state index contributed by atoms with van der Waals surface area (Å²) < 4.78 is 35.0. The Kier molecular flexibility index (Phi) is 1.45. The van der Waals surface area contributed by atoms with Crippen molar-refractivity contribution in [2.75, 3.05) is 0 Å². The van der Waals surface area contributed by atoms with E-state index >= 15 is 0 Å². The zero-order chi connectivity index (χ0) is 7.07. The number of hydrogen-bond acceptors (Lipinski definition) is 0. The summed E-state index contributed by atoms with van der Waals surface area (Å²) in [6.07, 6.45) is -2.88. The van der Waals surface area contributed by atoms with Gasteiger partial charge in [0, 0.05) is 0 Å². The highest BCUT2D eigenvalue weighted by atomic mass is 19.4. The largest absolute Gasteiger partial charge is 0.392 e. The minimum absolute atomic E-state index is 0.0648. The maximum Gasteiger partial charge on any atom is 0.392 e. The van der Waals surface area contributed by atoms with E-state index in [0.717, 1.165) is 0 Å². The molecule has 0 radical (unpaired) electrons. The maximum absolute atomic E-state index is 11.7. The van der Waals surface area contributed by atoms with Gasteiger partial charge in [0.15, 0.2) is 0 Å². The molecule has 0 nitrogen and oxygen atoms in total. The second-order valence-electron chi connectivity index (χ2n) is 2.55. The molecule has 1 aliphatic carbocycles. The Hall–Kier alpha value is -0.210. The Balaban J connectivity index is 2.33. The van der Waals surface area contributed by atoms with E-state index in [1.807, 2.05) is 0 Å². The van der Waals surface area contributed by atoms with Crippen molar-refractivity contribution in [2.45, 2.75) is 25.9 Å². The molecule has 0 aromatic carbocycles. The van der Waals surface area contributed by atoms with E-state index in [0.29, 0.717) is 12.8 Å². The summed E-state index contributed by atoms with van der Waals surface area (Å²) >= 11 is 0. The van der Waals surface area contributed by atoms with Crippen LogP contribution in [0.25, 0.3) is 0 Å². The van der Waals surface area contributed by atoms with Crippen LogP contribution < -0.4 is 0 Å². The average Bonchev–Trinajstić information content (AvgIpc) is 2.39. The van der Waals surface area contributed by atoms with Crippen LogP contribution in [0.2, 0.25) is 0 Å². The van der Waals surface area contributed by atoms with Crippen molar-refractivity contribution >= 4 is 0 Å². The first-order chi connectivity index (χ1) is 4.05. The molecule has 1 aliphatic rings. The summed E-state index contributed by atoms with van der Waals surface area (Å²) in [5.41, 5.74) is 0. The molecule has 0 amide bonds. The van der Waals surface area contributed by atoms with Crippen LogP contribution >= 0.6 is 0 Å². The molecule has 54 valence electrons. The molecule has 9 heavy (non-hydrogen) atoms. The lowest BCUT2D eigenvalue weighted by Crippen LogP contribution is -2.11. The molecular formula is C6H9F3. The normalized spacial score (nSPS) is 34.7. The SMILES string of the molecule is CC[C@@H]1C[C@H]1C(F)(F)F. The molecule has 0 aromatic heterocycles. The highest BCUT2D eigenvalue weighted by Gasteiger charge is 2.54. The van der Waals surface area contributed by atoms with Gasteiger partial charge in [-0.15, -0.1) is 0 Å². The van der Waals surface area contributed by atoms with Gasteiger partial charge in [-0.25, -0.2) is 0 Å². The number of alkyl halides is 3. The van der Waals surface area contributed by atoms with Crippen LogP contribution in [0.4, 0.5) is 13.2 Å². The van der Waals surface area contributed by atoms with E-state index in [-0.39, 0.29) is 5.92 Å². The van der Waals surface area contributed by atoms with Crippen LogP contribution in [-0.4, -0.2) is 6.18 Å². The molecule has 0 N–H and O–H groups in total. The van der Waals surface area contributed by atoms with E-state index in [2.05, 4.69) is 0 Å². The number of halogens is 3. The fourth-order valence-corrected chi connectivity index (χ4v) is 1.10. The lowest BCUT2D eigenvalue weighted by molar-refractivity contribution is -0.151. The molecule has 0 heterocycles. The van der Waals surface area contributed by atoms with E-state index in [1.165, 1.54) is 0 Å². The van der Waals surface area contributed by atoms with Crippen LogP contribution in [0, 0.1) is 11.8 Å². The zero-order valence-electron chi connectivity index (χ0n) is 5.20. The lowest BCUT2D eigenvalue weighted by Gasteiger charge is -2.02. The van der Waals surface area contributed by atoms with Crippen LogP contribution in [0.3, 0.4) is 0 Å². The Morgan fingerprint density at radius 3 is 2.11 bits per heavy atom. The predicted molar refractivity (Wildman–Crippen MR) is 27.9 cm³/mol. The third kappa shape index (κ3) is 1.37. The molecule has 0 unspecified atom stereocenters. The molecule has 1 saturated carbocycles. The van der Waals surface area contributed by atoms with Gasteiger partial charge in [0.2, 0.25) is 0 Å². The standard InChI is InChI=1S/C6H9F3/c1-2-4-3-5(4)6(7,8)9/h4-5H,2-3H2,1H3/t4-,5-/m1/s1. The Morgan fingerprint density at radius 1 is 1.44 bits per heavy atom. The minimum atomic E-state index is -3.92. The summed E-state index contributed by atoms with van der Waals surface area (Å²) in [7, 11) is 0. The molecule has 0 saturated heterocycles. The van der Waals surface area contributed by atoms with Gasteiger partial charge >= 0.3 is 6.18 Å². The molecule has 1 fully saturated rings. The summed E-state index contributed by atoms with van der Waals surface area (Å²) in [5.74, 6) is -1.03. The Bertz CT molecular complexity index is 105. The van der Waals surface area contributed by atoms with Crippen molar-refractivity contribution in [3.8, 4) is 0 Å². The van der Waals surface area contributed by atoms with Gasteiger partial charge in [-0.1, -0.05) is 13.3 Å². The smallest absolute Gasteiger partial charge is 0.171 e. The van der Waals surface area contributed by atoms with Gasteiger partial charge in [0.05, 0.1) is 5.92 Å². The molecule has 0 aliphatic heterocycles. The van der Waals surface area contributed by atoms with Crippen molar-refractivity contribution in [2.24, 2.45) is 11.8 Å². The van der Waals surface area contributed by atoms with Crippen molar-refractivity contribution in [3.05, 3.63) is 0 Å². The predicted octanol–water partition coefficient (Wildman–Crippen LogP) is 2.59. The van der Waals surface area contributed by atoms with Crippen molar-refractivity contribution in [1.82, 2.24) is 0 Å². The van der Waals surface area contributed by atoms with E-state index in [1.54, 1.807) is 6.92 Å². The van der Waals surface area contributed by atoms with E-state index in [9.17, 15) is 13.2 Å². The first kappa shape index (κ1) is 6.90. The molecule has 2 atom stereocenters. The second kappa shape index (κ2) is 1.89. The lowest BCUT2D eigenvalue weighted by atomic mass is 10.2. The number of rotatable bonds is 1. The fraction of sp³-hybridized carbons (Fsp3) is 1.00. The summed E-state index contributed by atoms with van der Waals surface area (Å²) in [4.78, 5) is 0. The Morgan fingerprint density at radius 2 is 2.00 bits per heavy atom. The summed E-state index contributed by atoms with van der Waals surface area (Å²) in [5, 5.41) is 0. The molecule has 3 heteroatoms. The molecule has 0 aromatic rings. The van der Waals surface area contributed by atoms with Gasteiger partial charge < -0.3 is 0 Å². The van der Waals surface area contributed by atoms with Gasteiger partial charge in [0.1, 0.15) is 0 Å². The monoisotopic (exact) mass is 138 g/mol.